The van der Waals surface area contributed by atoms with E-state index >= 15 is 0 Å². The van der Waals surface area contributed by atoms with Gasteiger partial charge in [0.25, 0.3) is 5.56 Å². The Bertz CT molecular complexity index is 784. The second-order valence-electron chi connectivity index (χ2n) is 6.71. The Morgan fingerprint density at radius 1 is 1.17 bits per heavy atom. The molecule has 0 radical (unpaired) electrons. The van der Waals surface area contributed by atoms with Crippen molar-refractivity contribution in [2.24, 2.45) is 0 Å². The first-order valence-corrected chi connectivity index (χ1v) is 8.39. The lowest BCUT2D eigenvalue weighted by atomic mass is 9.97. The van der Waals surface area contributed by atoms with Crippen LogP contribution in [0.4, 0.5) is 0 Å². The number of rotatable bonds is 2. The molecule has 2 atom stereocenters. The lowest BCUT2D eigenvalue weighted by Crippen LogP contribution is -2.49. The number of hydrogen-bond acceptors (Lipinski definition) is 2. The predicted molar refractivity (Wildman–Crippen MR) is 92.6 cm³/mol. The number of piperidine rings is 1. The van der Waals surface area contributed by atoms with E-state index in [0.29, 0.717) is 5.56 Å². The van der Waals surface area contributed by atoms with Crippen LogP contribution < -0.4 is 5.56 Å². The molecular weight excluding hydrogens is 288 g/mol. The van der Waals surface area contributed by atoms with E-state index in [1.54, 1.807) is 4.57 Å². The van der Waals surface area contributed by atoms with Crippen LogP contribution in [-0.4, -0.2) is 27.5 Å². The Kier molecular flexibility index (Phi) is 4.24. The molecule has 0 bridgehead atoms. The van der Waals surface area contributed by atoms with E-state index in [4.69, 9.17) is 0 Å². The predicted octanol–water partition coefficient (Wildman–Crippen LogP) is 3.10. The molecule has 2 aromatic rings. The van der Waals surface area contributed by atoms with Crippen molar-refractivity contribution in [1.82, 2.24) is 9.47 Å². The molecular formula is C19H24N2O2. The molecule has 1 aliphatic heterocycles. The Labute approximate surface area is 136 Å². The fourth-order valence-corrected chi connectivity index (χ4v) is 3.76. The van der Waals surface area contributed by atoms with Gasteiger partial charge in [0.15, 0.2) is 0 Å². The van der Waals surface area contributed by atoms with Crippen LogP contribution in [0.1, 0.15) is 38.7 Å². The lowest BCUT2D eigenvalue weighted by Gasteiger charge is -2.39. The van der Waals surface area contributed by atoms with Gasteiger partial charge in [-0.3, -0.25) is 14.2 Å². The maximum absolute atomic E-state index is 12.9. The third-order valence-electron chi connectivity index (χ3n) is 4.96. The number of hydrogen-bond donors (Lipinski definition) is 0. The fourth-order valence-electron chi connectivity index (χ4n) is 3.76. The molecule has 23 heavy (non-hydrogen) atoms. The largest absolute Gasteiger partial charge is 0.336 e. The molecule has 1 saturated heterocycles. The van der Waals surface area contributed by atoms with Gasteiger partial charge in [0.2, 0.25) is 5.91 Å². The molecule has 1 fully saturated rings. The minimum Gasteiger partial charge on any atom is -0.336 e. The van der Waals surface area contributed by atoms with Gasteiger partial charge < -0.3 is 4.90 Å². The molecule has 3 rings (SSSR count). The van der Waals surface area contributed by atoms with Crippen molar-refractivity contribution in [2.75, 3.05) is 0 Å². The van der Waals surface area contributed by atoms with Crippen LogP contribution in [0.2, 0.25) is 0 Å². The van der Waals surface area contributed by atoms with Crippen LogP contribution in [-0.2, 0) is 11.3 Å². The first-order valence-electron chi connectivity index (χ1n) is 8.39. The monoisotopic (exact) mass is 312 g/mol. The van der Waals surface area contributed by atoms with E-state index in [2.05, 4.69) is 13.8 Å². The average Bonchev–Trinajstić information content (AvgIpc) is 2.51. The number of carbonyl (C=O) groups is 1. The number of amides is 1. The summed E-state index contributed by atoms with van der Waals surface area (Å²) in [5.41, 5.74) is 1.43. The van der Waals surface area contributed by atoms with Crippen LogP contribution in [0.15, 0.2) is 35.1 Å². The van der Waals surface area contributed by atoms with Crippen LogP contribution >= 0.6 is 0 Å². The molecule has 1 aromatic carbocycles. The van der Waals surface area contributed by atoms with Gasteiger partial charge in [-0.2, -0.15) is 0 Å². The molecule has 2 heterocycles. The standard InChI is InChI=1S/C19H24N2O2/c1-13-11-16-9-4-5-10-17(16)20(19(13)23)12-18(22)21-14(2)7-6-8-15(21)3/h4-5,9-11,14-15H,6-8,12H2,1-3H3. The minimum absolute atomic E-state index is 0.0440. The molecule has 0 aliphatic carbocycles. The van der Waals surface area contributed by atoms with Crippen molar-refractivity contribution >= 4 is 16.8 Å². The molecule has 122 valence electrons. The number of para-hydroxylation sites is 1. The smallest absolute Gasteiger partial charge is 0.254 e. The Morgan fingerprint density at radius 3 is 2.52 bits per heavy atom. The zero-order valence-electron chi connectivity index (χ0n) is 14.1. The summed E-state index contributed by atoms with van der Waals surface area (Å²) in [5.74, 6) is 0.0440. The highest BCUT2D eigenvalue weighted by Crippen LogP contribution is 2.23. The number of aromatic nitrogens is 1. The van der Waals surface area contributed by atoms with E-state index in [0.717, 1.165) is 23.7 Å². The molecule has 0 saturated carbocycles. The first kappa shape index (κ1) is 15.8. The summed E-state index contributed by atoms with van der Waals surface area (Å²) in [6.45, 7) is 6.13. The highest BCUT2D eigenvalue weighted by molar-refractivity contribution is 5.83. The quantitative estimate of drug-likeness (QED) is 0.855. The van der Waals surface area contributed by atoms with E-state index in [1.165, 1.54) is 6.42 Å². The second-order valence-corrected chi connectivity index (χ2v) is 6.71. The van der Waals surface area contributed by atoms with Gasteiger partial charge in [0.05, 0.1) is 5.52 Å². The summed E-state index contributed by atoms with van der Waals surface area (Å²) >= 11 is 0. The van der Waals surface area contributed by atoms with Crippen LogP contribution in [0.3, 0.4) is 0 Å². The second kappa shape index (κ2) is 6.19. The van der Waals surface area contributed by atoms with E-state index in [1.807, 2.05) is 42.2 Å². The first-order chi connectivity index (χ1) is 11.0. The molecule has 4 heteroatoms. The fraction of sp³-hybridized carbons (Fsp3) is 0.474. The zero-order valence-corrected chi connectivity index (χ0v) is 14.1. The van der Waals surface area contributed by atoms with Gasteiger partial charge >= 0.3 is 0 Å². The van der Waals surface area contributed by atoms with Gasteiger partial charge in [0, 0.05) is 17.6 Å². The SMILES string of the molecule is Cc1cc2ccccc2n(CC(=O)N2C(C)CCCC2C)c1=O. The van der Waals surface area contributed by atoms with E-state index in [-0.39, 0.29) is 30.1 Å². The summed E-state index contributed by atoms with van der Waals surface area (Å²) in [5, 5.41) is 0.997. The summed E-state index contributed by atoms with van der Waals surface area (Å²) in [6.07, 6.45) is 3.25. The summed E-state index contributed by atoms with van der Waals surface area (Å²) in [4.78, 5) is 27.4. The van der Waals surface area contributed by atoms with Crippen LogP contribution in [0, 0.1) is 6.92 Å². The van der Waals surface area contributed by atoms with Crippen molar-refractivity contribution in [3.63, 3.8) is 0 Å². The van der Waals surface area contributed by atoms with Gasteiger partial charge in [-0.15, -0.1) is 0 Å². The zero-order chi connectivity index (χ0) is 16.6. The van der Waals surface area contributed by atoms with Gasteiger partial charge in [-0.1, -0.05) is 18.2 Å². The van der Waals surface area contributed by atoms with Crippen molar-refractivity contribution in [3.05, 3.63) is 46.2 Å². The number of nitrogens with zero attached hydrogens (tertiary/aromatic N) is 2. The summed E-state index contributed by atoms with van der Waals surface area (Å²) in [6, 6.07) is 10.1. The molecule has 1 amide bonds. The van der Waals surface area contributed by atoms with E-state index < -0.39 is 0 Å². The molecule has 0 N–H and O–H groups in total. The van der Waals surface area contributed by atoms with Crippen molar-refractivity contribution < 1.29 is 4.79 Å². The minimum atomic E-state index is -0.0747. The number of carbonyl (C=O) groups excluding carboxylic acids is 1. The van der Waals surface area contributed by atoms with Crippen molar-refractivity contribution in [2.45, 2.75) is 58.7 Å². The lowest BCUT2D eigenvalue weighted by molar-refractivity contribution is -0.137. The Morgan fingerprint density at radius 2 is 1.83 bits per heavy atom. The third-order valence-corrected chi connectivity index (χ3v) is 4.96. The molecule has 1 aromatic heterocycles. The van der Waals surface area contributed by atoms with Crippen molar-refractivity contribution in [3.8, 4) is 0 Å². The van der Waals surface area contributed by atoms with E-state index in [9.17, 15) is 9.59 Å². The normalized spacial score (nSPS) is 21.6. The number of aryl methyl sites for hydroxylation is 1. The molecule has 4 nitrogen and oxygen atoms in total. The van der Waals surface area contributed by atoms with Gasteiger partial charge in [-0.05, 0) is 57.6 Å². The third kappa shape index (κ3) is 2.90. The maximum atomic E-state index is 12.9. The molecule has 2 unspecified atom stereocenters. The number of likely N-dealkylation sites (tertiary alicyclic amines) is 1. The average molecular weight is 312 g/mol. The maximum Gasteiger partial charge on any atom is 0.254 e. The van der Waals surface area contributed by atoms with Gasteiger partial charge in [-0.25, -0.2) is 0 Å². The number of fused-ring (bicyclic) bond motifs is 1. The summed E-state index contributed by atoms with van der Waals surface area (Å²) in [7, 11) is 0. The number of pyridine rings is 1. The highest BCUT2D eigenvalue weighted by atomic mass is 16.2. The van der Waals surface area contributed by atoms with Crippen LogP contribution in [0.5, 0.6) is 0 Å². The van der Waals surface area contributed by atoms with Crippen molar-refractivity contribution in [1.29, 1.82) is 0 Å². The van der Waals surface area contributed by atoms with Crippen LogP contribution in [0.25, 0.3) is 10.9 Å². The molecule has 0 spiro atoms. The topological polar surface area (TPSA) is 42.3 Å². The van der Waals surface area contributed by atoms with Gasteiger partial charge in [0.1, 0.15) is 6.54 Å². The number of benzene rings is 1. The summed E-state index contributed by atoms with van der Waals surface area (Å²) < 4.78 is 1.63. The Balaban J connectivity index is 1.99. The molecule has 1 aliphatic rings. The highest BCUT2D eigenvalue weighted by Gasteiger charge is 2.29. The Hall–Kier alpha value is -2.10.